The van der Waals surface area contributed by atoms with Crippen LogP contribution in [0.1, 0.15) is 18.4 Å². The molecule has 2 aliphatic heterocycles. The van der Waals surface area contributed by atoms with Crippen LogP contribution in [-0.4, -0.2) is 38.2 Å². The number of nitrogens with zero attached hydrogens (tertiary/aromatic N) is 3. The predicted octanol–water partition coefficient (Wildman–Crippen LogP) is 2.25. The molecule has 1 aromatic heterocycles. The standard InChI is InChI=1S/C17H17N3O3S/c21-24(22,15-6-2-1-3-7-15)20-10-8-17(13-20)11-16(19-23-17)14-5-4-9-18-12-14/h1-7,9,12H,8,10-11,13H2. The zero-order valence-corrected chi connectivity index (χ0v) is 13.8. The van der Waals surface area contributed by atoms with Gasteiger partial charge in [-0.25, -0.2) is 0 Å². The van der Waals surface area contributed by atoms with Gasteiger partial charge in [-0.3, -0.25) is 4.98 Å². The molecule has 0 radical (unpaired) electrons. The van der Waals surface area contributed by atoms with Gasteiger partial charge in [0.15, 0.2) is 20.9 Å². The predicted molar refractivity (Wildman–Crippen MR) is 88.9 cm³/mol. The quantitative estimate of drug-likeness (QED) is 0.801. The van der Waals surface area contributed by atoms with Crippen LogP contribution in [0.25, 0.3) is 0 Å². The van der Waals surface area contributed by atoms with Crippen molar-refractivity contribution in [1.29, 1.82) is 0 Å². The Bertz CT molecular complexity index is 812. The minimum Gasteiger partial charge on any atom is -0.593 e. The van der Waals surface area contributed by atoms with E-state index in [4.69, 9.17) is 4.84 Å². The molecule has 0 aliphatic carbocycles. The van der Waals surface area contributed by atoms with Crippen LogP contribution in [0.15, 0.2) is 64.9 Å². The molecule has 0 saturated carbocycles. The van der Waals surface area contributed by atoms with Gasteiger partial charge in [0.2, 0.25) is 0 Å². The molecule has 4 rings (SSSR count). The summed E-state index contributed by atoms with van der Waals surface area (Å²) in [5, 5.41) is 4.19. The maximum absolute atomic E-state index is 12.7. The highest BCUT2D eigenvalue weighted by Gasteiger charge is 2.51. The molecule has 6 nitrogen and oxygen atoms in total. The summed E-state index contributed by atoms with van der Waals surface area (Å²) in [5.41, 5.74) is 1.17. The number of hydrogen-bond donors (Lipinski definition) is 0. The van der Waals surface area contributed by atoms with Crippen LogP contribution in [0, 0.1) is 0 Å². The number of rotatable bonds is 3. The Hall–Kier alpha value is -2.09. The van der Waals surface area contributed by atoms with Gasteiger partial charge in [-0.1, -0.05) is 27.6 Å². The lowest BCUT2D eigenvalue weighted by Gasteiger charge is -2.25. The molecular formula is C17H17N3O3S. The Balaban J connectivity index is 1.51. The first-order valence-electron chi connectivity index (χ1n) is 7.80. The molecule has 1 fully saturated rings. The molecule has 2 aromatic rings. The molecule has 0 N–H and O–H groups in total. The molecule has 1 aromatic carbocycles. The molecule has 2 aliphatic rings. The van der Waals surface area contributed by atoms with Gasteiger partial charge in [0.05, 0.1) is 12.3 Å². The van der Waals surface area contributed by atoms with E-state index in [9.17, 15) is 8.76 Å². The molecule has 0 bridgehead atoms. The fraction of sp³-hybridized carbons (Fsp3) is 0.294. The van der Waals surface area contributed by atoms with Crippen molar-refractivity contribution in [1.82, 2.24) is 9.29 Å². The molecule has 124 valence electrons. The zero-order chi connectivity index (χ0) is 16.6. The van der Waals surface area contributed by atoms with Gasteiger partial charge >= 0.3 is 0 Å². The van der Waals surface area contributed by atoms with Crippen molar-refractivity contribution in [3.05, 3.63) is 60.4 Å². The average Bonchev–Trinajstić information content (AvgIpc) is 3.24. The van der Waals surface area contributed by atoms with Crippen LogP contribution in [0.4, 0.5) is 0 Å². The highest BCUT2D eigenvalue weighted by molar-refractivity contribution is 7.95. The third-order valence-electron chi connectivity index (χ3n) is 4.50. The summed E-state index contributed by atoms with van der Waals surface area (Å²) in [5.74, 6) is 0. The van der Waals surface area contributed by atoms with Gasteiger partial charge in [0.1, 0.15) is 0 Å². The number of hydrogen-bond acceptors (Lipinski definition) is 5. The molecule has 1 saturated heterocycles. The van der Waals surface area contributed by atoms with Crippen molar-refractivity contribution in [2.24, 2.45) is 5.16 Å². The minimum absolute atomic E-state index is 0.313. The Kier molecular flexibility index (Phi) is 3.71. The van der Waals surface area contributed by atoms with E-state index in [0.717, 1.165) is 11.3 Å². The molecule has 2 unspecified atom stereocenters. The molecule has 7 heteroatoms. The second kappa shape index (κ2) is 5.77. The fourth-order valence-corrected chi connectivity index (χ4v) is 4.72. The van der Waals surface area contributed by atoms with E-state index in [-0.39, 0.29) is 0 Å². The van der Waals surface area contributed by atoms with Crippen LogP contribution in [0.5, 0.6) is 0 Å². The Labute approximate surface area is 141 Å². The summed E-state index contributed by atoms with van der Waals surface area (Å²) in [6, 6.07) is 12.3. The van der Waals surface area contributed by atoms with Crippen LogP contribution in [0.3, 0.4) is 0 Å². The number of oxime groups is 1. The second-order valence-electron chi connectivity index (χ2n) is 6.13. The van der Waals surface area contributed by atoms with Crippen molar-refractivity contribution in [3.8, 4) is 0 Å². The van der Waals surface area contributed by atoms with E-state index in [1.165, 1.54) is 4.31 Å². The molecule has 0 amide bonds. The van der Waals surface area contributed by atoms with Gasteiger partial charge in [-0.05, 0) is 24.3 Å². The maximum atomic E-state index is 12.7. The van der Waals surface area contributed by atoms with E-state index < -0.39 is 16.0 Å². The maximum Gasteiger partial charge on any atom is 0.175 e. The Morgan fingerprint density at radius 3 is 2.79 bits per heavy atom. The van der Waals surface area contributed by atoms with Gasteiger partial charge in [-0.2, -0.15) is 0 Å². The lowest BCUT2D eigenvalue weighted by atomic mass is 9.94. The summed E-state index contributed by atoms with van der Waals surface area (Å²) < 4.78 is 27.0. The highest BCUT2D eigenvalue weighted by atomic mass is 32.3. The van der Waals surface area contributed by atoms with Gasteiger partial charge < -0.3 is 9.39 Å². The third-order valence-corrected chi connectivity index (χ3v) is 6.36. The summed E-state index contributed by atoms with van der Waals surface area (Å²) in [6.07, 6.45) is 4.68. The fourth-order valence-electron chi connectivity index (χ4n) is 3.18. The molecule has 2 atom stereocenters. The van der Waals surface area contributed by atoms with Crippen LogP contribution in [-0.2, 0) is 19.4 Å². The molecular weight excluding hydrogens is 326 g/mol. The average molecular weight is 343 g/mol. The SMILES string of the molecule is O=[S+]([O-])(c1ccccc1)N1CCC2(CC(c3cccnc3)=NO2)C1. The lowest BCUT2D eigenvalue weighted by Crippen LogP contribution is -2.39. The smallest absolute Gasteiger partial charge is 0.175 e. The van der Waals surface area contributed by atoms with E-state index >= 15 is 0 Å². The van der Waals surface area contributed by atoms with Crippen molar-refractivity contribution in [2.45, 2.75) is 23.3 Å². The first-order chi connectivity index (χ1) is 11.6. The minimum atomic E-state index is -3.49. The second-order valence-corrected chi connectivity index (χ2v) is 8.07. The van der Waals surface area contributed by atoms with E-state index in [0.29, 0.717) is 30.8 Å². The highest BCUT2D eigenvalue weighted by Crippen LogP contribution is 2.38. The zero-order valence-electron chi connectivity index (χ0n) is 13.0. The lowest BCUT2D eigenvalue weighted by molar-refractivity contribution is -0.00604. The van der Waals surface area contributed by atoms with E-state index in [1.807, 2.05) is 12.1 Å². The largest absolute Gasteiger partial charge is 0.593 e. The number of benzene rings is 1. The first kappa shape index (κ1) is 15.4. The van der Waals surface area contributed by atoms with Crippen molar-refractivity contribution in [3.63, 3.8) is 0 Å². The third kappa shape index (κ3) is 2.64. The normalized spacial score (nSPS) is 26.1. The summed E-state index contributed by atoms with van der Waals surface area (Å²) in [4.78, 5) is 10.1. The van der Waals surface area contributed by atoms with Gasteiger partial charge in [-0.15, -0.1) is 4.31 Å². The first-order valence-corrected chi connectivity index (χ1v) is 9.24. The van der Waals surface area contributed by atoms with Crippen molar-refractivity contribution >= 4 is 16.1 Å². The summed E-state index contributed by atoms with van der Waals surface area (Å²) in [7, 11) is -3.49. The summed E-state index contributed by atoms with van der Waals surface area (Å²) in [6.45, 7) is 0.755. The van der Waals surface area contributed by atoms with Crippen molar-refractivity contribution in [2.75, 3.05) is 13.1 Å². The van der Waals surface area contributed by atoms with Gasteiger partial charge in [0.25, 0.3) is 0 Å². The van der Waals surface area contributed by atoms with Gasteiger partial charge in [0, 0.05) is 37.3 Å². The Morgan fingerprint density at radius 2 is 2.04 bits per heavy atom. The molecule has 1 spiro atoms. The molecule has 24 heavy (non-hydrogen) atoms. The van der Waals surface area contributed by atoms with Crippen LogP contribution >= 0.6 is 0 Å². The molecule has 3 heterocycles. The number of aromatic nitrogens is 1. The van der Waals surface area contributed by atoms with Crippen LogP contribution < -0.4 is 0 Å². The van der Waals surface area contributed by atoms with E-state index in [1.54, 1.807) is 42.7 Å². The summed E-state index contributed by atoms with van der Waals surface area (Å²) >= 11 is 0. The van der Waals surface area contributed by atoms with E-state index in [2.05, 4.69) is 10.1 Å². The van der Waals surface area contributed by atoms with Crippen LogP contribution in [0.2, 0.25) is 0 Å². The topological polar surface area (TPSA) is 77.9 Å². The Morgan fingerprint density at radius 1 is 1.21 bits per heavy atom. The van der Waals surface area contributed by atoms with Crippen molar-refractivity contribution < 1.29 is 13.6 Å². The monoisotopic (exact) mass is 343 g/mol. The number of pyridine rings is 1. The number of sulfonamides is 1.